The molecule has 2 aromatic heterocycles. The number of anilines is 2. The molecule has 0 aliphatic heterocycles. The molecule has 5 heteroatoms. The van der Waals surface area contributed by atoms with Crippen molar-refractivity contribution in [2.75, 3.05) is 12.4 Å². The predicted molar refractivity (Wildman–Crippen MR) is 155 cm³/mol. The Hall–Kier alpha value is -5.03. The zero-order valence-electron chi connectivity index (χ0n) is 21.3. The van der Waals surface area contributed by atoms with E-state index < -0.39 is 0 Å². The van der Waals surface area contributed by atoms with E-state index >= 15 is 0 Å². The van der Waals surface area contributed by atoms with Crippen LogP contribution >= 0.6 is 0 Å². The van der Waals surface area contributed by atoms with Gasteiger partial charge >= 0.3 is 0 Å². The summed E-state index contributed by atoms with van der Waals surface area (Å²) in [7, 11) is 1.65. The second-order valence-corrected chi connectivity index (χ2v) is 9.14. The molecule has 6 aromatic rings. The Labute approximate surface area is 221 Å². The van der Waals surface area contributed by atoms with Gasteiger partial charge in [0.15, 0.2) is 0 Å². The van der Waals surface area contributed by atoms with Crippen molar-refractivity contribution in [1.82, 2.24) is 9.13 Å². The average molecular weight is 498 g/mol. The molecule has 2 heterocycles. The summed E-state index contributed by atoms with van der Waals surface area (Å²) in [5, 5.41) is 4.23. The van der Waals surface area contributed by atoms with Crippen LogP contribution in [0, 0.1) is 6.92 Å². The lowest BCUT2D eigenvalue weighted by Crippen LogP contribution is -2.21. The maximum absolute atomic E-state index is 14.4. The molecule has 0 bridgehead atoms. The predicted octanol–water partition coefficient (Wildman–Crippen LogP) is 7.51. The summed E-state index contributed by atoms with van der Waals surface area (Å²) >= 11 is 0. The van der Waals surface area contributed by atoms with Crippen LogP contribution < -0.4 is 15.6 Å². The third-order valence-corrected chi connectivity index (χ3v) is 6.76. The van der Waals surface area contributed by atoms with Crippen molar-refractivity contribution < 1.29 is 4.74 Å². The molecule has 38 heavy (non-hydrogen) atoms. The van der Waals surface area contributed by atoms with Crippen LogP contribution in [0.3, 0.4) is 0 Å². The van der Waals surface area contributed by atoms with Crippen LogP contribution in [-0.2, 0) is 0 Å². The summed E-state index contributed by atoms with van der Waals surface area (Å²) in [6.45, 7) is 1.98. The number of benzene rings is 4. The van der Waals surface area contributed by atoms with E-state index in [9.17, 15) is 4.79 Å². The fourth-order valence-corrected chi connectivity index (χ4v) is 5.03. The Morgan fingerprint density at radius 3 is 1.82 bits per heavy atom. The van der Waals surface area contributed by atoms with Crippen LogP contribution in [-0.4, -0.2) is 16.2 Å². The number of aromatic nitrogens is 2. The van der Waals surface area contributed by atoms with Gasteiger partial charge in [-0.25, -0.2) is 0 Å². The lowest BCUT2D eigenvalue weighted by molar-refractivity contribution is 0.415. The van der Waals surface area contributed by atoms with Crippen LogP contribution in [0.1, 0.15) is 5.69 Å². The standard InChI is InChI=1S/C33H27N3O2/c1-23-22-29-30(33(37)35(23)26-14-8-4-9-15-26)31(34-25-18-20-28(38-2)21-19-25)32(24-12-6-3-7-13-24)36(29)27-16-10-5-11-17-27/h3-22,34H,1-2H3. The van der Waals surface area contributed by atoms with E-state index in [0.29, 0.717) is 5.39 Å². The highest BCUT2D eigenvalue weighted by atomic mass is 16.5. The number of ether oxygens (including phenoxy) is 1. The SMILES string of the molecule is COc1ccc(Nc2c(-c3ccccc3)n(-c3ccccc3)c3cc(C)n(-c4ccccc4)c(=O)c23)cc1. The van der Waals surface area contributed by atoms with E-state index in [2.05, 4.69) is 40.2 Å². The van der Waals surface area contributed by atoms with Crippen LogP contribution in [0.5, 0.6) is 5.75 Å². The molecular weight excluding hydrogens is 470 g/mol. The molecule has 6 rings (SSSR count). The number of hydrogen-bond donors (Lipinski definition) is 1. The quantitative estimate of drug-likeness (QED) is 0.259. The molecule has 0 amide bonds. The fourth-order valence-electron chi connectivity index (χ4n) is 5.03. The largest absolute Gasteiger partial charge is 0.497 e. The molecule has 0 aliphatic carbocycles. The van der Waals surface area contributed by atoms with Crippen LogP contribution in [0.2, 0.25) is 0 Å². The van der Waals surface area contributed by atoms with Crippen molar-refractivity contribution >= 4 is 22.3 Å². The topological polar surface area (TPSA) is 48.2 Å². The van der Waals surface area contributed by atoms with E-state index in [0.717, 1.165) is 51.0 Å². The molecule has 0 saturated carbocycles. The highest BCUT2D eigenvalue weighted by molar-refractivity contribution is 6.04. The lowest BCUT2D eigenvalue weighted by atomic mass is 10.1. The molecule has 0 unspecified atom stereocenters. The number of nitrogens with one attached hydrogen (secondary N) is 1. The number of methoxy groups -OCH3 is 1. The number of pyridine rings is 1. The number of hydrogen-bond acceptors (Lipinski definition) is 3. The lowest BCUT2D eigenvalue weighted by Gasteiger charge is -2.14. The second-order valence-electron chi connectivity index (χ2n) is 9.14. The first-order valence-electron chi connectivity index (χ1n) is 12.5. The maximum Gasteiger partial charge on any atom is 0.266 e. The minimum atomic E-state index is -0.0749. The van der Waals surface area contributed by atoms with Crippen molar-refractivity contribution in [3.8, 4) is 28.4 Å². The van der Waals surface area contributed by atoms with Crippen molar-refractivity contribution in [3.05, 3.63) is 137 Å². The van der Waals surface area contributed by atoms with Crippen molar-refractivity contribution in [2.45, 2.75) is 6.92 Å². The molecule has 0 spiro atoms. The van der Waals surface area contributed by atoms with Crippen molar-refractivity contribution in [3.63, 3.8) is 0 Å². The van der Waals surface area contributed by atoms with Crippen LogP contribution in [0.25, 0.3) is 33.5 Å². The van der Waals surface area contributed by atoms with E-state index in [-0.39, 0.29) is 5.56 Å². The monoisotopic (exact) mass is 497 g/mol. The summed E-state index contributed by atoms with van der Waals surface area (Å²) in [6, 6.07) is 40.0. The highest BCUT2D eigenvalue weighted by Gasteiger charge is 2.24. The molecule has 5 nitrogen and oxygen atoms in total. The Bertz CT molecular complexity index is 1770. The first-order chi connectivity index (χ1) is 18.7. The van der Waals surface area contributed by atoms with E-state index in [4.69, 9.17) is 4.74 Å². The smallest absolute Gasteiger partial charge is 0.266 e. The number of nitrogens with zero attached hydrogens (tertiary/aromatic N) is 2. The molecule has 4 aromatic carbocycles. The fraction of sp³-hybridized carbons (Fsp3) is 0.0606. The van der Waals surface area contributed by atoms with Gasteiger partial charge in [-0.15, -0.1) is 0 Å². The summed E-state index contributed by atoms with van der Waals surface area (Å²) in [5.41, 5.74) is 7.00. The Kier molecular flexibility index (Phi) is 6.02. The minimum Gasteiger partial charge on any atom is -0.497 e. The Balaban J connectivity index is 1.74. The zero-order valence-corrected chi connectivity index (χ0v) is 21.3. The van der Waals surface area contributed by atoms with Gasteiger partial charge in [0, 0.05) is 28.3 Å². The molecule has 0 atom stereocenters. The van der Waals surface area contributed by atoms with Gasteiger partial charge < -0.3 is 14.6 Å². The zero-order chi connectivity index (χ0) is 26.1. The normalized spacial score (nSPS) is 11.0. The van der Waals surface area contributed by atoms with Crippen LogP contribution in [0.4, 0.5) is 11.4 Å². The third kappa shape index (κ3) is 4.04. The summed E-state index contributed by atoms with van der Waals surface area (Å²) < 4.78 is 9.32. The number of rotatable bonds is 6. The second kappa shape index (κ2) is 9.79. The average Bonchev–Trinajstić information content (AvgIpc) is 3.28. The molecule has 0 saturated heterocycles. The van der Waals surface area contributed by atoms with Gasteiger partial charge in [0.1, 0.15) is 5.75 Å². The maximum atomic E-state index is 14.4. The molecule has 0 radical (unpaired) electrons. The van der Waals surface area contributed by atoms with Gasteiger partial charge in [0.25, 0.3) is 5.56 Å². The third-order valence-electron chi connectivity index (χ3n) is 6.76. The Morgan fingerprint density at radius 2 is 1.24 bits per heavy atom. The van der Waals surface area contributed by atoms with Crippen molar-refractivity contribution in [2.24, 2.45) is 0 Å². The van der Waals surface area contributed by atoms with Gasteiger partial charge in [0.05, 0.1) is 29.4 Å². The molecular formula is C33H27N3O2. The van der Waals surface area contributed by atoms with E-state index in [1.807, 2.05) is 97.9 Å². The van der Waals surface area contributed by atoms with Crippen LogP contribution in [0.15, 0.2) is 126 Å². The highest BCUT2D eigenvalue weighted by Crippen LogP contribution is 2.41. The van der Waals surface area contributed by atoms with Crippen molar-refractivity contribution in [1.29, 1.82) is 0 Å². The van der Waals surface area contributed by atoms with E-state index in [1.165, 1.54) is 0 Å². The molecule has 0 fully saturated rings. The van der Waals surface area contributed by atoms with Gasteiger partial charge in [-0.2, -0.15) is 0 Å². The first-order valence-corrected chi connectivity index (χ1v) is 12.5. The summed E-state index contributed by atoms with van der Waals surface area (Å²) in [4.78, 5) is 14.4. The number of para-hydroxylation sites is 2. The van der Waals surface area contributed by atoms with Gasteiger partial charge in [0.2, 0.25) is 0 Å². The minimum absolute atomic E-state index is 0.0749. The molecule has 186 valence electrons. The summed E-state index contributed by atoms with van der Waals surface area (Å²) in [5.74, 6) is 0.771. The first kappa shape index (κ1) is 23.4. The molecule has 0 aliphatic rings. The van der Waals surface area contributed by atoms with Gasteiger partial charge in [-0.3, -0.25) is 9.36 Å². The number of fused-ring (bicyclic) bond motifs is 1. The van der Waals surface area contributed by atoms with Gasteiger partial charge in [-0.1, -0.05) is 66.7 Å². The summed E-state index contributed by atoms with van der Waals surface area (Å²) in [6.07, 6.45) is 0. The molecule has 1 N–H and O–H groups in total. The van der Waals surface area contributed by atoms with Gasteiger partial charge in [-0.05, 0) is 61.5 Å². The number of aryl methyl sites for hydroxylation is 1. The Morgan fingerprint density at radius 1 is 0.684 bits per heavy atom. The van der Waals surface area contributed by atoms with E-state index in [1.54, 1.807) is 11.7 Å².